The van der Waals surface area contributed by atoms with Gasteiger partial charge in [0, 0.05) is 24.8 Å². The fraction of sp³-hybridized carbons (Fsp3) is 0.480. The zero-order valence-corrected chi connectivity index (χ0v) is 18.8. The Hall–Kier alpha value is -2.69. The molecule has 1 aliphatic heterocycles. The van der Waals surface area contributed by atoms with Crippen molar-refractivity contribution in [3.63, 3.8) is 0 Å². The van der Waals surface area contributed by atoms with Gasteiger partial charge < -0.3 is 19.7 Å². The maximum Gasteiger partial charge on any atom is 0.260 e. The molecule has 1 unspecified atom stereocenters. The monoisotopic (exact) mass is 410 g/mol. The maximum atomic E-state index is 12.6. The zero-order chi connectivity index (χ0) is 21.7. The minimum Gasteiger partial charge on any atom is -0.497 e. The van der Waals surface area contributed by atoms with Crippen LogP contribution in [-0.4, -0.2) is 38.3 Å². The predicted molar refractivity (Wildman–Crippen MR) is 122 cm³/mol. The summed E-state index contributed by atoms with van der Waals surface area (Å²) in [4.78, 5) is 15.0. The quantitative estimate of drug-likeness (QED) is 0.720. The van der Waals surface area contributed by atoms with Gasteiger partial charge in [0.05, 0.1) is 7.11 Å². The van der Waals surface area contributed by atoms with E-state index in [4.69, 9.17) is 9.47 Å². The van der Waals surface area contributed by atoms with Crippen LogP contribution >= 0.6 is 0 Å². The number of anilines is 1. The van der Waals surface area contributed by atoms with Gasteiger partial charge in [-0.3, -0.25) is 4.79 Å². The Morgan fingerprint density at radius 3 is 2.23 bits per heavy atom. The van der Waals surface area contributed by atoms with Crippen molar-refractivity contribution < 1.29 is 14.3 Å². The summed E-state index contributed by atoms with van der Waals surface area (Å²) in [6.07, 6.45) is 1.33. The van der Waals surface area contributed by atoms with Gasteiger partial charge in [-0.05, 0) is 80.1 Å². The molecule has 1 saturated heterocycles. The molecule has 162 valence electrons. The lowest BCUT2D eigenvalue weighted by atomic mass is 9.98. The Kier molecular flexibility index (Phi) is 7.24. The van der Waals surface area contributed by atoms with Gasteiger partial charge in [-0.1, -0.05) is 19.9 Å². The third-order valence-electron chi connectivity index (χ3n) is 5.82. The van der Waals surface area contributed by atoms with Crippen molar-refractivity contribution in [2.45, 2.75) is 58.6 Å². The standard InChI is InChI=1S/C25H34N2O3/c1-17(2)24-11-10-23(16-18(24)3)30-19(4)25(28)26-20-12-14-27(15-13-20)21-6-8-22(29-5)9-7-21/h6-11,16-17,19-20H,12-15H2,1-5H3,(H,26,28). The van der Waals surface area contributed by atoms with E-state index in [9.17, 15) is 4.79 Å². The average Bonchev–Trinajstić information content (AvgIpc) is 2.74. The number of amides is 1. The van der Waals surface area contributed by atoms with Gasteiger partial charge in [0.1, 0.15) is 11.5 Å². The minimum atomic E-state index is -0.520. The number of hydrogen-bond donors (Lipinski definition) is 1. The van der Waals surface area contributed by atoms with Crippen LogP contribution in [-0.2, 0) is 4.79 Å². The Morgan fingerprint density at radius 2 is 1.67 bits per heavy atom. The zero-order valence-electron chi connectivity index (χ0n) is 18.8. The van der Waals surface area contributed by atoms with Gasteiger partial charge in [-0.2, -0.15) is 0 Å². The van der Waals surface area contributed by atoms with E-state index >= 15 is 0 Å². The van der Waals surface area contributed by atoms with Crippen LogP contribution in [0.3, 0.4) is 0 Å². The van der Waals surface area contributed by atoms with E-state index in [1.54, 1.807) is 7.11 Å². The number of carbonyl (C=O) groups excluding carboxylic acids is 1. The van der Waals surface area contributed by atoms with Crippen LogP contribution in [0.4, 0.5) is 5.69 Å². The number of carbonyl (C=O) groups is 1. The van der Waals surface area contributed by atoms with E-state index in [2.05, 4.69) is 49.2 Å². The van der Waals surface area contributed by atoms with Crippen molar-refractivity contribution in [3.8, 4) is 11.5 Å². The number of aryl methyl sites for hydroxylation is 1. The fourth-order valence-electron chi connectivity index (χ4n) is 4.02. The number of nitrogens with zero attached hydrogens (tertiary/aromatic N) is 1. The van der Waals surface area contributed by atoms with Gasteiger partial charge in [-0.25, -0.2) is 0 Å². The van der Waals surface area contributed by atoms with Crippen LogP contribution in [0.5, 0.6) is 11.5 Å². The number of ether oxygens (including phenoxy) is 2. The molecule has 1 atom stereocenters. The number of nitrogens with one attached hydrogen (secondary N) is 1. The maximum absolute atomic E-state index is 12.6. The fourth-order valence-corrected chi connectivity index (χ4v) is 4.02. The highest BCUT2D eigenvalue weighted by molar-refractivity contribution is 5.81. The van der Waals surface area contributed by atoms with Crippen molar-refractivity contribution >= 4 is 11.6 Å². The SMILES string of the molecule is COc1ccc(N2CCC(NC(=O)C(C)Oc3ccc(C(C)C)c(C)c3)CC2)cc1. The van der Waals surface area contributed by atoms with Crippen molar-refractivity contribution in [1.29, 1.82) is 0 Å². The van der Waals surface area contributed by atoms with E-state index in [1.165, 1.54) is 16.8 Å². The Bertz CT molecular complexity index is 840. The molecule has 2 aromatic rings. The molecule has 5 nitrogen and oxygen atoms in total. The Morgan fingerprint density at radius 1 is 1.03 bits per heavy atom. The molecule has 2 aromatic carbocycles. The molecule has 0 radical (unpaired) electrons. The summed E-state index contributed by atoms with van der Waals surface area (Å²) in [6.45, 7) is 10.1. The van der Waals surface area contributed by atoms with E-state index < -0.39 is 6.10 Å². The molecular formula is C25H34N2O3. The minimum absolute atomic E-state index is 0.0523. The molecule has 0 aromatic heterocycles. The summed E-state index contributed by atoms with van der Waals surface area (Å²) in [6, 6.07) is 14.4. The van der Waals surface area contributed by atoms with Crippen LogP contribution in [0, 0.1) is 6.92 Å². The van der Waals surface area contributed by atoms with Crippen molar-refractivity contribution in [1.82, 2.24) is 5.32 Å². The third kappa shape index (κ3) is 5.47. The summed E-state index contributed by atoms with van der Waals surface area (Å²) in [5, 5.41) is 3.16. The lowest BCUT2D eigenvalue weighted by molar-refractivity contribution is -0.128. The van der Waals surface area contributed by atoms with Gasteiger partial charge >= 0.3 is 0 Å². The van der Waals surface area contributed by atoms with Crippen molar-refractivity contribution in [3.05, 3.63) is 53.6 Å². The first-order chi connectivity index (χ1) is 14.4. The van der Waals surface area contributed by atoms with E-state index in [-0.39, 0.29) is 11.9 Å². The summed E-state index contributed by atoms with van der Waals surface area (Å²) in [5.41, 5.74) is 3.70. The van der Waals surface area contributed by atoms with Gasteiger partial charge in [0.15, 0.2) is 6.10 Å². The summed E-state index contributed by atoms with van der Waals surface area (Å²) in [5.74, 6) is 2.03. The van der Waals surface area contributed by atoms with Gasteiger partial charge in [0.25, 0.3) is 5.91 Å². The summed E-state index contributed by atoms with van der Waals surface area (Å²) in [7, 11) is 1.68. The molecule has 3 rings (SSSR count). The normalized spacial score (nSPS) is 15.7. The molecule has 1 amide bonds. The second-order valence-electron chi connectivity index (χ2n) is 8.40. The van der Waals surface area contributed by atoms with E-state index in [0.717, 1.165) is 37.4 Å². The first-order valence-electron chi connectivity index (χ1n) is 10.8. The Labute approximate surface area is 180 Å². The third-order valence-corrected chi connectivity index (χ3v) is 5.82. The molecule has 1 N–H and O–H groups in total. The van der Waals surface area contributed by atoms with Crippen LogP contribution in [0.25, 0.3) is 0 Å². The molecule has 1 heterocycles. The molecule has 5 heteroatoms. The molecule has 0 spiro atoms. The van der Waals surface area contributed by atoms with Gasteiger partial charge in [0.2, 0.25) is 0 Å². The first-order valence-corrected chi connectivity index (χ1v) is 10.8. The molecule has 1 aliphatic rings. The summed E-state index contributed by atoms with van der Waals surface area (Å²) < 4.78 is 11.1. The Balaban J connectivity index is 1.48. The smallest absolute Gasteiger partial charge is 0.260 e. The number of rotatable bonds is 7. The molecule has 0 saturated carbocycles. The predicted octanol–water partition coefficient (Wildman–Crippen LogP) is 4.68. The van der Waals surface area contributed by atoms with Crippen LogP contribution in [0.2, 0.25) is 0 Å². The highest BCUT2D eigenvalue weighted by Gasteiger charge is 2.24. The lowest BCUT2D eigenvalue weighted by Gasteiger charge is -2.34. The lowest BCUT2D eigenvalue weighted by Crippen LogP contribution is -2.48. The highest BCUT2D eigenvalue weighted by Crippen LogP contribution is 2.25. The topological polar surface area (TPSA) is 50.8 Å². The number of hydrogen-bond acceptors (Lipinski definition) is 4. The van der Waals surface area contributed by atoms with Crippen molar-refractivity contribution in [2.75, 3.05) is 25.1 Å². The molecular weight excluding hydrogens is 376 g/mol. The summed E-state index contributed by atoms with van der Waals surface area (Å²) >= 11 is 0. The largest absolute Gasteiger partial charge is 0.497 e. The van der Waals surface area contributed by atoms with Crippen LogP contribution in [0.15, 0.2) is 42.5 Å². The second-order valence-corrected chi connectivity index (χ2v) is 8.40. The first kappa shape index (κ1) is 22.0. The highest BCUT2D eigenvalue weighted by atomic mass is 16.5. The number of piperidine rings is 1. The second kappa shape index (κ2) is 9.88. The van der Waals surface area contributed by atoms with E-state index in [1.807, 2.05) is 31.2 Å². The van der Waals surface area contributed by atoms with Gasteiger partial charge in [-0.15, -0.1) is 0 Å². The average molecular weight is 411 g/mol. The van der Waals surface area contributed by atoms with Crippen LogP contribution < -0.4 is 19.7 Å². The number of methoxy groups -OCH3 is 1. The molecule has 1 fully saturated rings. The number of benzene rings is 2. The van der Waals surface area contributed by atoms with Crippen LogP contribution in [0.1, 0.15) is 50.7 Å². The molecule has 0 aliphatic carbocycles. The van der Waals surface area contributed by atoms with E-state index in [0.29, 0.717) is 5.92 Å². The van der Waals surface area contributed by atoms with Crippen molar-refractivity contribution in [2.24, 2.45) is 0 Å². The molecule has 0 bridgehead atoms. The molecule has 30 heavy (non-hydrogen) atoms.